The van der Waals surface area contributed by atoms with Gasteiger partial charge in [0.2, 0.25) is 0 Å². The van der Waals surface area contributed by atoms with Crippen LogP contribution in [0.4, 0.5) is 10.7 Å². The van der Waals surface area contributed by atoms with Crippen molar-refractivity contribution in [2.24, 2.45) is 0 Å². The zero-order chi connectivity index (χ0) is 12.6. The fraction of sp³-hybridized carbons (Fsp3) is 0.636. The smallest absolute Gasteiger partial charge is 0.410 e. The molecule has 0 radical (unpaired) electrons. The number of nitrogens with one attached hydrogen (secondary N) is 1. The van der Waals surface area contributed by atoms with Gasteiger partial charge >= 0.3 is 6.09 Å². The molecule has 94 valence electrons. The number of rotatable bonds is 0. The standard InChI is InChI=1S/C11H18N4O2/c1-11(2,3)17-10(16)15-5-4-7-8(6-15)14-9(12)13-7/h4-6H2,1-3H3,(H3,12,13,14). The van der Waals surface area contributed by atoms with E-state index in [1.165, 1.54) is 0 Å². The maximum Gasteiger partial charge on any atom is 0.410 e. The number of nitrogens with zero attached hydrogens (tertiary/aromatic N) is 2. The van der Waals surface area contributed by atoms with E-state index in [-0.39, 0.29) is 6.09 Å². The first kappa shape index (κ1) is 11.8. The van der Waals surface area contributed by atoms with E-state index >= 15 is 0 Å². The zero-order valence-corrected chi connectivity index (χ0v) is 10.4. The molecule has 0 saturated heterocycles. The summed E-state index contributed by atoms with van der Waals surface area (Å²) in [4.78, 5) is 20.7. The lowest BCUT2D eigenvalue weighted by molar-refractivity contribution is 0.0221. The normalized spacial score (nSPS) is 15.6. The molecule has 3 N–H and O–H groups in total. The van der Waals surface area contributed by atoms with Crippen molar-refractivity contribution in [1.82, 2.24) is 14.9 Å². The van der Waals surface area contributed by atoms with Gasteiger partial charge in [-0.15, -0.1) is 0 Å². The highest BCUT2D eigenvalue weighted by molar-refractivity contribution is 5.68. The fourth-order valence-electron chi connectivity index (χ4n) is 1.80. The lowest BCUT2D eigenvalue weighted by Gasteiger charge is -2.29. The number of carbonyl (C=O) groups is 1. The lowest BCUT2D eigenvalue weighted by atomic mass is 10.1. The third-order valence-electron chi connectivity index (χ3n) is 2.50. The van der Waals surface area contributed by atoms with Crippen LogP contribution in [-0.4, -0.2) is 33.1 Å². The van der Waals surface area contributed by atoms with Crippen molar-refractivity contribution in [3.8, 4) is 0 Å². The molecule has 0 atom stereocenters. The van der Waals surface area contributed by atoms with E-state index in [2.05, 4.69) is 9.97 Å². The van der Waals surface area contributed by atoms with Crippen LogP contribution in [0.1, 0.15) is 32.2 Å². The number of anilines is 1. The molecule has 1 aromatic heterocycles. The van der Waals surface area contributed by atoms with Gasteiger partial charge in [0.15, 0.2) is 5.95 Å². The van der Waals surface area contributed by atoms with Crippen molar-refractivity contribution in [2.75, 3.05) is 12.3 Å². The van der Waals surface area contributed by atoms with Gasteiger partial charge in [-0.05, 0) is 20.8 Å². The number of imidazole rings is 1. The Hall–Kier alpha value is -1.72. The van der Waals surface area contributed by atoms with Crippen molar-refractivity contribution in [3.63, 3.8) is 0 Å². The summed E-state index contributed by atoms with van der Waals surface area (Å²) in [5.41, 5.74) is 6.96. The Balaban J connectivity index is 2.05. The Morgan fingerprint density at radius 2 is 2.24 bits per heavy atom. The number of aromatic amines is 1. The summed E-state index contributed by atoms with van der Waals surface area (Å²) >= 11 is 0. The van der Waals surface area contributed by atoms with E-state index in [4.69, 9.17) is 10.5 Å². The molecule has 1 aromatic rings. The SMILES string of the molecule is CC(C)(C)OC(=O)N1CCc2nc(N)[nH]c2C1. The second-order valence-electron chi connectivity index (χ2n) is 5.20. The van der Waals surface area contributed by atoms with Crippen LogP contribution in [0.25, 0.3) is 0 Å². The molecule has 0 aliphatic carbocycles. The molecule has 17 heavy (non-hydrogen) atoms. The molecule has 0 unspecified atom stereocenters. The highest BCUT2D eigenvalue weighted by atomic mass is 16.6. The first-order valence-corrected chi connectivity index (χ1v) is 5.66. The predicted molar refractivity (Wildman–Crippen MR) is 63.3 cm³/mol. The number of hydrogen-bond acceptors (Lipinski definition) is 4. The highest BCUT2D eigenvalue weighted by Gasteiger charge is 2.27. The summed E-state index contributed by atoms with van der Waals surface area (Å²) in [7, 11) is 0. The second-order valence-corrected chi connectivity index (χ2v) is 5.20. The van der Waals surface area contributed by atoms with Crippen molar-refractivity contribution in [2.45, 2.75) is 39.3 Å². The number of ether oxygens (including phenoxy) is 1. The Bertz CT molecular complexity index is 433. The summed E-state index contributed by atoms with van der Waals surface area (Å²) < 4.78 is 5.32. The number of aromatic nitrogens is 2. The summed E-state index contributed by atoms with van der Waals surface area (Å²) in [6.45, 7) is 6.66. The predicted octanol–water partition coefficient (Wildman–Crippen LogP) is 1.29. The Morgan fingerprint density at radius 1 is 1.53 bits per heavy atom. The third kappa shape index (κ3) is 2.69. The van der Waals surface area contributed by atoms with E-state index in [1.807, 2.05) is 20.8 Å². The first-order valence-electron chi connectivity index (χ1n) is 5.66. The van der Waals surface area contributed by atoms with Crippen LogP contribution in [0.2, 0.25) is 0 Å². The van der Waals surface area contributed by atoms with Gasteiger partial charge in [0.25, 0.3) is 0 Å². The van der Waals surface area contributed by atoms with Crippen LogP contribution in [0.15, 0.2) is 0 Å². The van der Waals surface area contributed by atoms with E-state index in [0.717, 1.165) is 11.4 Å². The first-order chi connectivity index (χ1) is 7.85. The fourth-order valence-corrected chi connectivity index (χ4v) is 1.80. The van der Waals surface area contributed by atoms with Crippen molar-refractivity contribution in [1.29, 1.82) is 0 Å². The Morgan fingerprint density at radius 3 is 2.88 bits per heavy atom. The molecule has 1 amide bonds. The van der Waals surface area contributed by atoms with E-state index in [9.17, 15) is 4.79 Å². The molecule has 0 aromatic carbocycles. The second kappa shape index (κ2) is 3.94. The lowest BCUT2D eigenvalue weighted by Crippen LogP contribution is -2.39. The Labute approximate surface area is 100 Å². The maximum absolute atomic E-state index is 11.9. The maximum atomic E-state index is 11.9. The number of amides is 1. The average molecular weight is 238 g/mol. The number of hydrogen-bond donors (Lipinski definition) is 2. The molecule has 0 bridgehead atoms. The third-order valence-corrected chi connectivity index (χ3v) is 2.50. The minimum absolute atomic E-state index is 0.295. The van der Waals surface area contributed by atoms with Crippen molar-refractivity contribution < 1.29 is 9.53 Å². The minimum Gasteiger partial charge on any atom is -0.444 e. The van der Waals surface area contributed by atoms with Gasteiger partial charge in [0.05, 0.1) is 17.9 Å². The molecule has 6 heteroatoms. The quantitative estimate of drug-likeness (QED) is 0.713. The molecular formula is C11H18N4O2. The van der Waals surface area contributed by atoms with E-state index < -0.39 is 5.60 Å². The molecule has 0 fully saturated rings. The summed E-state index contributed by atoms with van der Waals surface area (Å²) in [5.74, 6) is 0.404. The molecule has 1 aliphatic heterocycles. The van der Waals surface area contributed by atoms with E-state index in [0.29, 0.717) is 25.5 Å². The number of carbonyl (C=O) groups excluding carboxylic acids is 1. The molecule has 0 saturated carbocycles. The van der Waals surface area contributed by atoms with Gasteiger partial charge in [-0.3, -0.25) is 0 Å². The molecule has 6 nitrogen and oxygen atoms in total. The summed E-state index contributed by atoms with van der Waals surface area (Å²) in [6, 6.07) is 0. The van der Waals surface area contributed by atoms with Crippen molar-refractivity contribution >= 4 is 12.0 Å². The minimum atomic E-state index is -0.468. The van der Waals surface area contributed by atoms with Crippen LogP contribution in [0.3, 0.4) is 0 Å². The molecule has 2 heterocycles. The number of H-pyrrole nitrogens is 1. The number of nitrogen functional groups attached to an aromatic ring is 1. The largest absolute Gasteiger partial charge is 0.444 e. The zero-order valence-electron chi connectivity index (χ0n) is 10.4. The van der Waals surface area contributed by atoms with Crippen LogP contribution in [0, 0.1) is 0 Å². The van der Waals surface area contributed by atoms with E-state index in [1.54, 1.807) is 4.90 Å². The van der Waals surface area contributed by atoms with Gasteiger partial charge in [0.1, 0.15) is 5.60 Å². The van der Waals surface area contributed by atoms with Crippen LogP contribution >= 0.6 is 0 Å². The van der Waals surface area contributed by atoms with Crippen LogP contribution in [0.5, 0.6) is 0 Å². The van der Waals surface area contributed by atoms with Gasteiger partial charge in [0, 0.05) is 13.0 Å². The van der Waals surface area contributed by atoms with Gasteiger partial charge in [-0.25, -0.2) is 9.78 Å². The molecule has 1 aliphatic rings. The van der Waals surface area contributed by atoms with Gasteiger partial charge in [-0.1, -0.05) is 0 Å². The summed E-state index contributed by atoms with van der Waals surface area (Å²) in [5, 5.41) is 0. The van der Waals surface area contributed by atoms with Gasteiger partial charge in [-0.2, -0.15) is 0 Å². The topological polar surface area (TPSA) is 84.2 Å². The molecular weight excluding hydrogens is 220 g/mol. The van der Waals surface area contributed by atoms with Crippen LogP contribution < -0.4 is 5.73 Å². The monoisotopic (exact) mass is 238 g/mol. The highest BCUT2D eigenvalue weighted by Crippen LogP contribution is 2.19. The van der Waals surface area contributed by atoms with Gasteiger partial charge < -0.3 is 20.4 Å². The molecule has 2 rings (SSSR count). The number of nitrogens with two attached hydrogens (primary N) is 1. The molecule has 0 spiro atoms. The number of fused-ring (bicyclic) bond motifs is 1. The summed E-state index contributed by atoms with van der Waals surface area (Å²) in [6.07, 6.45) is 0.416. The average Bonchev–Trinajstić information content (AvgIpc) is 2.53. The Kier molecular flexibility index (Phi) is 2.73. The van der Waals surface area contributed by atoms with Crippen molar-refractivity contribution in [3.05, 3.63) is 11.4 Å². The van der Waals surface area contributed by atoms with Crippen LogP contribution in [-0.2, 0) is 17.7 Å².